The van der Waals surface area contributed by atoms with Crippen molar-refractivity contribution in [2.45, 2.75) is 19.9 Å². The summed E-state index contributed by atoms with van der Waals surface area (Å²) in [5.41, 5.74) is 1.96. The van der Waals surface area contributed by atoms with Crippen LogP contribution < -0.4 is 5.32 Å². The maximum atomic E-state index is 5.92. The zero-order chi connectivity index (χ0) is 17.2. The fourth-order valence-corrected chi connectivity index (χ4v) is 3.31. The van der Waals surface area contributed by atoms with Gasteiger partial charge < -0.3 is 14.5 Å². The quantitative estimate of drug-likeness (QED) is 0.769. The third-order valence-electron chi connectivity index (χ3n) is 4.55. The lowest BCUT2D eigenvalue weighted by atomic mass is 10.1. The molecule has 1 fully saturated rings. The van der Waals surface area contributed by atoms with Crippen LogP contribution in [0.3, 0.4) is 0 Å². The summed E-state index contributed by atoms with van der Waals surface area (Å²) in [6.07, 6.45) is 3.63. The Kier molecular flexibility index (Phi) is 4.42. The van der Waals surface area contributed by atoms with Crippen LogP contribution in [0.4, 0.5) is 5.82 Å². The Bertz CT molecular complexity index is 850. The van der Waals surface area contributed by atoms with E-state index >= 15 is 0 Å². The fourth-order valence-electron chi connectivity index (χ4n) is 3.31. The molecule has 3 aromatic heterocycles. The van der Waals surface area contributed by atoms with E-state index in [1.165, 1.54) is 0 Å². The zero-order valence-electron chi connectivity index (χ0n) is 14.6. The maximum Gasteiger partial charge on any atom is 0.152 e. The van der Waals surface area contributed by atoms with E-state index in [0.29, 0.717) is 6.54 Å². The Labute approximate surface area is 146 Å². The average Bonchev–Trinajstić information content (AvgIpc) is 3.21. The molecule has 0 aliphatic carbocycles. The number of furan rings is 1. The van der Waals surface area contributed by atoms with E-state index in [2.05, 4.69) is 26.4 Å². The summed E-state index contributed by atoms with van der Waals surface area (Å²) in [6, 6.07) is 6.26. The van der Waals surface area contributed by atoms with Gasteiger partial charge >= 0.3 is 0 Å². The molecule has 0 spiro atoms. The number of ether oxygens (including phenoxy) is 1. The largest absolute Gasteiger partial charge is 0.465 e. The summed E-state index contributed by atoms with van der Waals surface area (Å²) in [5.74, 6) is 2.74. The molecule has 4 rings (SSSR count). The lowest BCUT2D eigenvalue weighted by molar-refractivity contribution is 0.0143. The van der Waals surface area contributed by atoms with Gasteiger partial charge in [-0.05, 0) is 32.0 Å². The van der Waals surface area contributed by atoms with Gasteiger partial charge in [0.1, 0.15) is 17.0 Å². The number of aryl methyl sites for hydroxylation is 2. The zero-order valence-corrected chi connectivity index (χ0v) is 14.6. The van der Waals surface area contributed by atoms with Crippen molar-refractivity contribution < 1.29 is 9.15 Å². The molecular weight excluding hydrogens is 318 g/mol. The highest BCUT2D eigenvalue weighted by atomic mass is 16.5. The molecule has 1 unspecified atom stereocenters. The van der Waals surface area contributed by atoms with E-state index in [1.807, 2.05) is 36.7 Å². The van der Waals surface area contributed by atoms with Crippen molar-refractivity contribution in [3.63, 3.8) is 0 Å². The van der Waals surface area contributed by atoms with Crippen molar-refractivity contribution in [2.24, 2.45) is 0 Å². The van der Waals surface area contributed by atoms with Crippen LogP contribution in [0, 0.1) is 13.8 Å². The van der Waals surface area contributed by atoms with Gasteiger partial charge in [0, 0.05) is 32.0 Å². The second-order valence-corrected chi connectivity index (χ2v) is 6.38. The summed E-state index contributed by atoms with van der Waals surface area (Å²) in [7, 11) is 0. The Morgan fingerprint density at radius 1 is 1.24 bits per heavy atom. The molecule has 0 bridgehead atoms. The van der Waals surface area contributed by atoms with Crippen LogP contribution in [0.25, 0.3) is 5.52 Å². The predicted molar refractivity (Wildman–Crippen MR) is 94.8 cm³/mol. The highest BCUT2D eigenvalue weighted by Gasteiger charge is 2.25. The third kappa shape index (κ3) is 3.38. The van der Waals surface area contributed by atoms with Gasteiger partial charge in [0.05, 0.1) is 24.9 Å². The van der Waals surface area contributed by atoms with Crippen LogP contribution >= 0.6 is 0 Å². The number of morpholine rings is 1. The number of aromatic nitrogens is 3. The minimum atomic E-state index is 0.142. The highest BCUT2D eigenvalue weighted by molar-refractivity contribution is 5.67. The van der Waals surface area contributed by atoms with Crippen molar-refractivity contribution in [1.29, 1.82) is 0 Å². The molecule has 0 aromatic carbocycles. The van der Waals surface area contributed by atoms with Crippen LogP contribution in [-0.4, -0.2) is 52.3 Å². The monoisotopic (exact) mass is 341 g/mol. The number of nitrogens with one attached hydrogen (secondary N) is 1. The topological polar surface area (TPSA) is 67.8 Å². The van der Waals surface area contributed by atoms with Crippen LogP contribution in [0.1, 0.15) is 23.3 Å². The van der Waals surface area contributed by atoms with E-state index in [9.17, 15) is 0 Å². The normalized spacial score (nSPS) is 17.0. The van der Waals surface area contributed by atoms with Crippen LogP contribution in [0.5, 0.6) is 0 Å². The number of anilines is 1. The van der Waals surface area contributed by atoms with Crippen LogP contribution in [-0.2, 0) is 4.74 Å². The molecule has 1 aliphatic rings. The van der Waals surface area contributed by atoms with Crippen LogP contribution in [0.2, 0.25) is 0 Å². The van der Waals surface area contributed by atoms with E-state index in [0.717, 1.165) is 54.9 Å². The molecule has 3 aromatic rings. The molecule has 132 valence electrons. The number of nitrogens with zero attached hydrogens (tertiary/aromatic N) is 4. The van der Waals surface area contributed by atoms with Crippen molar-refractivity contribution in [2.75, 3.05) is 38.2 Å². The van der Waals surface area contributed by atoms with E-state index < -0.39 is 0 Å². The molecule has 0 amide bonds. The number of fused-ring (bicyclic) bond motifs is 1. The molecule has 7 nitrogen and oxygen atoms in total. The maximum absolute atomic E-state index is 5.92. The van der Waals surface area contributed by atoms with Crippen LogP contribution in [0.15, 0.2) is 35.0 Å². The van der Waals surface area contributed by atoms with Crippen molar-refractivity contribution in [3.05, 3.63) is 47.8 Å². The third-order valence-corrected chi connectivity index (χ3v) is 4.55. The minimum Gasteiger partial charge on any atom is -0.465 e. The van der Waals surface area contributed by atoms with Gasteiger partial charge in [0.2, 0.25) is 0 Å². The first-order valence-corrected chi connectivity index (χ1v) is 8.64. The molecule has 1 saturated heterocycles. The van der Waals surface area contributed by atoms with Crippen molar-refractivity contribution >= 4 is 11.3 Å². The van der Waals surface area contributed by atoms with Gasteiger partial charge in [-0.1, -0.05) is 0 Å². The highest BCUT2D eigenvalue weighted by Crippen LogP contribution is 2.25. The average molecular weight is 341 g/mol. The molecule has 1 aliphatic heterocycles. The standard InChI is InChI=1S/C18H23N5O2/c1-13-11-15-18(19-5-6-23(15)21-13)20-12-16(17-4-3-14(2)25-17)22-7-9-24-10-8-22/h3-6,11,16H,7-10,12H2,1-2H3,(H,19,20). The van der Waals surface area contributed by atoms with E-state index in [4.69, 9.17) is 9.15 Å². The number of hydrogen-bond donors (Lipinski definition) is 1. The molecule has 4 heterocycles. The molecule has 0 radical (unpaired) electrons. The lowest BCUT2D eigenvalue weighted by Gasteiger charge is -2.33. The molecule has 7 heteroatoms. The summed E-state index contributed by atoms with van der Waals surface area (Å²) < 4.78 is 13.3. The number of rotatable bonds is 5. The second-order valence-electron chi connectivity index (χ2n) is 6.38. The molecule has 1 N–H and O–H groups in total. The van der Waals surface area contributed by atoms with Crippen molar-refractivity contribution in [3.8, 4) is 0 Å². The van der Waals surface area contributed by atoms with E-state index in [1.54, 1.807) is 6.20 Å². The Balaban J connectivity index is 1.57. The van der Waals surface area contributed by atoms with Gasteiger partial charge in [-0.3, -0.25) is 4.90 Å². The Morgan fingerprint density at radius 2 is 2.08 bits per heavy atom. The first-order chi connectivity index (χ1) is 12.2. The van der Waals surface area contributed by atoms with Gasteiger partial charge in [-0.2, -0.15) is 5.10 Å². The van der Waals surface area contributed by atoms with Gasteiger partial charge in [-0.25, -0.2) is 9.50 Å². The summed E-state index contributed by atoms with van der Waals surface area (Å²) in [6.45, 7) is 7.98. The molecular formula is C18H23N5O2. The lowest BCUT2D eigenvalue weighted by Crippen LogP contribution is -2.41. The summed E-state index contributed by atoms with van der Waals surface area (Å²) in [4.78, 5) is 6.89. The fraction of sp³-hybridized carbons (Fsp3) is 0.444. The van der Waals surface area contributed by atoms with Gasteiger partial charge in [0.25, 0.3) is 0 Å². The van der Waals surface area contributed by atoms with E-state index in [-0.39, 0.29) is 6.04 Å². The summed E-state index contributed by atoms with van der Waals surface area (Å²) >= 11 is 0. The first kappa shape index (κ1) is 16.1. The molecule has 1 atom stereocenters. The number of hydrogen-bond acceptors (Lipinski definition) is 6. The minimum absolute atomic E-state index is 0.142. The molecule has 0 saturated carbocycles. The predicted octanol–water partition coefficient (Wildman–Crippen LogP) is 2.42. The Hall–Kier alpha value is -2.38. The first-order valence-electron chi connectivity index (χ1n) is 8.64. The van der Waals surface area contributed by atoms with Gasteiger partial charge in [-0.15, -0.1) is 0 Å². The Morgan fingerprint density at radius 3 is 2.84 bits per heavy atom. The van der Waals surface area contributed by atoms with Gasteiger partial charge in [0.15, 0.2) is 5.82 Å². The van der Waals surface area contributed by atoms with Crippen molar-refractivity contribution in [1.82, 2.24) is 19.5 Å². The second kappa shape index (κ2) is 6.85. The SMILES string of the molecule is Cc1cc2c(NCC(c3ccc(C)o3)N3CCOCC3)nccn2n1. The molecule has 25 heavy (non-hydrogen) atoms. The smallest absolute Gasteiger partial charge is 0.152 e. The summed E-state index contributed by atoms with van der Waals surface area (Å²) in [5, 5.41) is 7.94.